The highest BCUT2D eigenvalue weighted by atomic mass is 32.2. The Bertz CT molecular complexity index is 168. The lowest BCUT2D eigenvalue weighted by atomic mass is 10.6. The van der Waals surface area contributed by atoms with Gasteiger partial charge in [0.1, 0.15) is 11.5 Å². The maximum absolute atomic E-state index is 9.89. The van der Waals surface area contributed by atoms with Crippen molar-refractivity contribution < 1.29 is 17.8 Å². The molecule has 0 bridgehead atoms. The summed E-state index contributed by atoms with van der Waals surface area (Å²) in [6, 6.07) is 0. The molecule has 0 saturated heterocycles. The predicted octanol–water partition coefficient (Wildman–Crippen LogP) is -0.538. The van der Waals surface area contributed by atoms with Crippen LogP contribution in [0.15, 0.2) is 0 Å². The molecule has 0 fully saturated rings. The molecule has 5 heteroatoms. The van der Waals surface area contributed by atoms with Crippen molar-refractivity contribution in [3.8, 4) is 0 Å². The van der Waals surface area contributed by atoms with Crippen molar-refractivity contribution in [3.63, 3.8) is 0 Å². The van der Waals surface area contributed by atoms with E-state index < -0.39 is 15.4 Å². The van der Waals surface area contributed by atoms with Crippen molar-refractivity contribution in [3.05, 3.63) is 0 Å². The number of carbonyl (C=O) groups is 1. The molecule has 0 heterocycles. The monoisotopic (exact) mass is 138 g/mol. The third kappa shape index (κ3) is 2.04. The molecule has 0 rings (SSSR count). The normalized spacial score (nSPS) is 15.2. The van der Waals surface area contributed by atoms with E-state index in [1.165, 1.54) is 0 Å². The van der Waals surface area contributed by atoms with Crippen molar-refractivity contribution in [2.45, 2.75) is 12.2 Å². The third-order valence-corrected chi connectivity index (χ3v) is 1.71. The quantitative estimate of drug-likeness (QED) is 0.411. The van der Waals surface area contributed by atoms with Crippen LogP contribution in [-0.2, 0) is 14.9 Å². The highest BCUT2D eigenvalue weighted by molar-refractivity contribution is 7.87. The van der Waals surface area contributed by atoms with Gasteiger partial charge in [0.15, 0.2) is 0 Å². The van der Waals surface area contributed by atoms with Crippen LogP contribution in [0.3, 0.4) is 0 Å². The van der Waals surface area contributed by atoms with Crippen LogP contribution in [0, 0.1) is 0 Å². The molecule has 0 aromatic carbocycles. The molecule has 8 heavy (non-hydrogen) atoms. The Balaban J connectivity index is 4.26. The number of hydrogen-bond acceptors (Lipinski definition) is 3. The summed E-state index contributed by atoms with van der Waals surface area (Å²) in [5.41, 5.74) is 0. The summed E-state index contributed by atoms with van der Waals surface area (Å²) in [7, 11) is -4.12. The predicted molar refractivity (Wildman–Crippen MR) is 27.1 cm³/mol. The van der Waals surface area contributed by atoms with E-state index in [9.17, 15) is 13.2 Å². The van der Waals surface area contributed by atoms with Crippen molar-refractivity contribution >= 4 is 16.4 Å². The summed E-state index contributed by atoms with van der Waals surface area (Å²) in [6.07, 6.45) is 0.162. The van der Waals surface area contributed by atoms with Gasteiger partial charge in [-0.2, -0.15) is 8.42 Å². The first-order valence-electron chi connectivity index (χ1n) is 1.90. The minimum Gasteiger partial charge on any atom is -0.302 e. The second-order valence-electron chi connectivity index (χ2n) is 1.36. The third-order valence-electron chi connectivity index (χ3n) is 0.661. The molecular formula is C3H6O4S. The topological polar surface area (TPSA) is 71.4 Å². The molecule has 1 unspecified atom stereocenters. The van der Waals surface area contributed by atoms with Crippen molar-refractivity contribution in [2.75, 3.05) is 0 Å². The Morgan fingerprint density at radius 2 is 2.00 bits per heavy atom. The van der Waals surface area contributed by atoms with Gasteiger partial charge in [-0.3, -0.25) is 4.55 Å². The van der Waals surface area contributed by atoms with Gasteiger partial charge in [-0.1, -0.05) is 0 Å². The van der Waals surface area contributed by atoms with Gasteiger partial charge in [-0.15, -0.1) is 0 Å². The van der Waals surface area contributed by atoms with E-state index in [1.54, 1.807) is 0 Å². The second-order valence-corrected chi connectivity index (χ2v) is 3.13. The van der Waals surface area contributed by atoms with Gasteiger partial charge < -0.3 is 4.79 Å². The van der Waals surface area contributed by atoms with E-state index in [-0.39, 0.29) is 6.29 Å². The summed E-state index contributed by atoms with van der Waals surface area (Å²) in [6.45, 7) is 1.10. The molecule has 0 amide bonds. The number of rotatable bonds is 2. The number of carbonyl (C=O) groups excluding carboxylic acids is 1. The summed E-state index contributed by atoms with van der Waals surface area (Å²) >= 11 is 0. The van der Waals surface area contributed by atoms with Gasteiger partial charge in [0.25, 0.3) is 10.1 Å². The van der Waals surface area contributed by atoms with Gasteiger partial charge >= 0.3 is 0 Å². The Kier molecular flexibility index (Phi) is 2.12. The van der Waals surface area contributed by atoms with Crippen molar-refractivity contribution in [1.29, 1.82) is 0 Å². The van der Waals surface area contributed by atoms with Gasteiger partial charge in [0.05, 0.1) is 0 Å². The zero-order chi connectivity index (χ0) is 6.78. The zero-order valence-electron chi connectivity index (χ0n) is 4.23. The average molecular weight is 138 g/mol. The van der Waals surface area contributed by atoms with E-state index in [1.807, 2.05) is 0 Å². The fourth-order valence-electron chi connectivity index (χ4n) is 0.0702. The van der Waals surface area contributed by atoms with Crippen LogP contribution in [0.4, 0.5) is 0 Å². The Labute approximate surface area is 47.3 Å². The van der Waals surface area contributed by atoms with Crippen LogP contribution in [0.1, 0.15) is 6.92 Å². The van der Waals surface area contributed by atoms with E-state index in [4.69, 9.17) is 4.55 Å². The first-order chi connectivity index (χ1) is 3.48. The van der Waals surface area contributed by atoms with Crippen LogP contribution < -0.4 is 0 Å². The first kappa shape index (κ1) is 7.58. The molecule has 0 aliphatic rings. The van der Waals surface area contributed by atoms with Crippen LogP contribution in [-0.4, -0.2) is 24.5 Å². The lowest BCUT2D eigenvalue weighted by Crippen LogP contribution is -2.17. The van der Waals surface area contributed by atoms with Crippen LogP contribution in [0.2, 0.25) is 0 Å². The van der Waals surface area contributed by atoms with Crippen LogP contribution >= 0.6 is 0 Å². The fourth-order valence-corrected chi connectivity index (χ4v) is 0.211. The second kappa shape index (κ2) is 2.23. The van der Waals surface area contributed by atoms with Gasteiger partial charge in [-0.05, 0) is 6.92 Å². The molecule has 0 saturated carbocycles. The van der Waals surface area contributed by atoms with Crippen molar-refractivity contribution in [2.24, 2.45) is 0 Å². The highest BCUT2D eigenvalue weighted by Gasteiger charge is 2.14. The lowest BCUT2D eigenvalue weighted by Gasteiger charge is -1.93. The minimum absolute atomic E-state index is 0.162. The molecule has 0 aliphatic carbocycles. The zero-order valence-corrected chi connectivity index (χ0v) is 5.05. The fraction of sp³-hybridized carbons (Fsp3) is 0.667. The molecular weight excluding hydrogens is 132 g/mol. The molecule has 0 aliphatic heterocycles. The maximum Gasteiger partial charge on any atom is 0.274 e. The summed E-state index contributed by atoms with van der Waals surface area (Å²) in [5, 5.41) is -1.30. The smallest absolute Gasteiger partial charge is 0.274 e. The Morgan fingerprint density at radius 1 is 1.62 bits per heavy atom. The molecule has 0 aromatic heterocycles. The molecule has 48 valence electrons. The summed E-state index contributed by atoms with van der Waals surface area (Å²) < 4.78 is 27.8. The number of aldehydes is 1. The van der Waals surface area contributed by atoms with Crippen LogP contribution in [0.25, 0.3) is 0 Å². The molecule has 0 spiro atoms. The first-order valence-corrected chi connectivity index (χ1v) is 3.40. The lowest BCUT2D eigenvalue weighted by molar-refractivity contribution is -0.107. The van der Waals surface area contributed by atoms with Crippen molar-refractivity contribution in [1.82, 2.24) is 0 Å². The van der Waals surface area contributed by atoms with E-state index >= 15 is 0 Å². The van der Waals surface area contributed by atoms with Gasteiger partial charge in [0, 0.05) is 0 Å². The highest BCUT2D eigenvalue weighted by Crippen LogP contribution is 1.90. The van der Waals surface area contributed by atoms with Gasteiger partial charge in [0.2, 0.25) is 0 Å². The van der Waals surface area contributed by atoms with E-state index in [2.05, 4.69) is 0 Å². The standard InChI is InChI=1S/C3H6O4S/c1-3(2-4)8(5,6)7/h2-3H,1H3,(H,5,6,7). The number of hydrogen-bond donors (Lipinski definition) is 1. The molecule has 1 N–H and O–H groups in total. The molecule has 4 nitrogen and oxygen atoms in total. The molecule has 0 radical (unpaired) electrons. The minimum atomic E-state index is -4.12. The Morgan fingerprint density at radius 3 is 2.00 bits per heavy atom. The summed E-state index contributed by atoms with van der Waals surface area (Å²) in [5.74, 6) is 0. The molecule has 1 atom stereocenters. The Hall–Kier alpha value is -0.420. The largest absolute Gasteiger partial charge is 0.302 e. The van der Waals surface area contributed by atoms with Crippen LogP contribution in [0.5, 0.6) is 0 Å². The SMILES string of the molecule is CC(C=O)S(=O)(=O)O. The van der Waals surface area contributed by atoms with Gasteiger partial charge in [-0.25, -0.2) is 0 Å². The average Bonchev–Trinajstić information content (AvgIpc) is 1.62. The van der Waals surface area contributed by atoms with E-state index in [0.717, 1.165) is 6.92 Å². The molecule has 0 aromatic rings. The maximum atomic E-state index is 9.89. The van der Waals surface area contributed by atoms with E-state index in [0.29, 0.717) is 0 Å². The summed E-state index contributed by atoms with van der Waals surface area (Å²) in [4.78, 5) is 9.61.